The van der Waals surface area contributed by atoms with Crippen molar-refractivity contribution in [3.05, 3.63) is 33.8 Å². The summed E-state index contributed by atoms with van der Waals surface area (Å²) >= 11 is 12.0. The number of aliphatic hydroxyl groups is 1. The highest BCUT2D eigenvalue weighted by atomic mass is 35.5. The van der Waals surface area contributed by atoms with Crippen LogP contribution in [0.25, 0.3) is 0 Å². The van der Waals surface area contributed by atoms with E-state index in [1.54, 1.807) is 18.2 Å². The lowest BCUT2D eigenvalue weighted by molar-refractivity contribution is 0.0890. The maximum Gasteiger partial charge on any atom is 0.0834 e. The molecule has 4 heteroatoms. The van der Waals surface area contributed by atoms with E-state index in [0.29, 0.717) is 10.0 Å². The van der Waals surface area contributed by atoms with Gasteiger partial charge in [-0.25, -0.2) is 0 Å². The Kier molecular flexibility index (Phi) is 4.09. The molecule has 16 heavy (non-hydrogen) atoms. The summed E-state index contributed by atoms with van der Waals surface area (Å²) in [5, 5.41) is 14.8. The fraction of sp³-hybridized carbons (Fsp3) is 0.500. The Morgan fingerprint density at radius 1 is 1.25 bits per heavy atom. The summed E-state index contributed by atoms with van der Waals surface area (Å²) in [4.78, 5) is 0. The zero-order chi connectivity index (χ0) is 11.5. The first-order valence-electron chi connectivity index (χ1n) is 5.52. The van der Waals surface area contributed by atoms with Gasteiger partial charge in [0.05, 0.1) is 6.10 Å². The van der Waals surface area contributed by atoms with Gasteiger partial charge in [0.2, 0.25) is 0 Å². The number of aliphatic hydroxyl groups excluding tert-OH is 1. The summed E-state index contributed by atoms with van der Waals surface area (Å²) in [5.41, 5.74) is 0.751. The van der Waals surface area contributed by atoms with Gasteiger partial charge in [0.25, 0.3) is 0 Å². The molecule has 1 aromatic carbocycles. The molecule has 1 fully saturated rings. The molecule has 0 aromatic heterocycles. The molecule has 0 saturated carbocycles. The van der Waals surface area contributed by atoms with Crippen molar-refractivity contribution in [2.24, 2.45) is 5.92 Å². The molecule has 2 rings (SSSR count). The van der Waals surface area contributed by atoms with Crippen LogP contribution in [0.15, 0.2) is 18.2 Å². The molecule has 1 aromatic rings. The minimum atomic E-state index is -0.506. The van der Waals surface area contributed by atoms with Crippen molar-refractivity contribution in [1.82, 2.24) is 5.32 Å². The lowest BCUT2D eigenvalue weighted by atomic mass is 9.88. The van der Waals surface area contributed by atoms with Crippen molar-refractivity contribution in [2.45, 2.75) is 18.9 Å². The van der Waals surface area contributed by atoms with Gasteiger partial charge in [-0.1, -0.05) is 23.2 Å². The van der Waals surface area contributed by atoms with Crippen LogP contribution in [0.4, 0.5) is 0 Å². The molecule has 1 heterocycles. The number of hydrogen-bond acceptors (Lipinski definition) is 2. The van der Waals surface area contributed by atoms with Crippen molar-refractivity contribution < 1.29 is 5.11 Å². The monoisotopic (exact) mass is 259 g/mol. The summed E-state index contributed by atoms with van der Waals surface area (Å²) in [5.74, 6) is 0.275. The van der Waals surface area contributed by atoms with Crippen LogP contribution >= 0.6 is 23.2 Å². The molecule has 0 spiro atoms. The Bertz CT molecular complexity index is 364. The standard InChI is InChI=1S/C12H15Cl2NO/c13-9-1-2-11(14)10(7-9)12(16)8-3-5-15-6-4-8/h1-2,7-8,12,15-16H,3-6H2. The van der Waals surface area contributed by atoms with E-state index in [1.807, 2.05) is 0 Å². The maximum absolute atomic E-state index is 10.3. The van der Waals surface area contributed by atoms with E-state index < -0.39 is 6.10 Å². The SMILES string of the molecule is OC(c1cc(Cl)ccc1Cl)C1CCNCC1. The molecule has 1 aliphatic heterocycles. The molecule has 1 atom stereocenters. The van der Waals surface area contributed by atoms with Gasteiger partial charge < -0.3 is 10.4 Å². The molecule has 0 bridgehead atoms. The number of halogens is 2. The molecule has 1 unspecified atom stereocenters. The third kappa shape index (κ3) is 2.69. The first-order chi connectivity index (χ1) is 7.68. The quantitative estimate of drug-likeness (QED) is 0.856. The van der Waals surface area contributed by atoms with Crippen LogP contribution in [0, 0.1) is 5.92 Å². The summed E-state index contributed by atoms with van der Waals surface area (Å²) in [6.07, 6.45) is 1.45. The topological polar surface area (TPSA) is 32.3 Å². The van der Waals surface area contributed by atoms with Crippen LogP contribution in [0.2, 0.25) is 10.0 Å². The van der Waals surface area contributed by atoms with Crippen molar-refractivity contribution in [2.75, 3.05) is 13.1 Å². The Balaban J connectivity index is 2.18. The van der Waals surface area contributed by atoms with E-state index in [-0.39, 0.29) is 5.92 Å². The van der Waals surface area contributed by atoms with E-state index in [9.17, 15) is 5.11 Å². The largest absolute Gasteiger partial charge is 0.388 e. The van der Waals surface area contributed by atoms with Gasteiger partial charge in [-0.05, 0) is 50.0 Å². The first-order valence-corrected chi connectivity index (χ1v) is 6.28. The summed E-state index contributed by atoms with van der Waals surface area (Å²) < 4.78 is 0. The fourth-order valence-corrected chi connectivity index (χ4v) is 2.57. The number of hydrogen-bond donors (Lipinski definition) is 2. The van der Waals surface area contributed by atoms with Gasteiger partial charge in [-0.3, -0.25) is 0 Å². The molecule has 2 N–H and O–H groups in total. The molecule has 2 nitrogen and oxygen atoms in total. The Morgan fingerprint density at radius 3 is 2.62 bits per heavy atom. The van der Waals surface area contributed by atoms with Crippen molar-refractivity contribution in [1.29, 1.82) is 0 Å². The Labute approximate surface area is 106 Å². The number of benzene rings is 1. The molecular weight excluding hydrogens is 245 g/mol. The van der Waals surface area contributed by atoms with Crippen LogP contribution < -0.4 is 5.32 Å². The van der Waals surface area contributed by atoms with Crippen LogP contribution in [0.5, 0.6) is 0 Å². The van der Waals surface area contributed by atoms with Gasteiger partial charge in [-0.2, -0.15) is 0 Å². The smallest absolute Gasteiger partial charge is 0.0834 e. The van der Waals surface area contributed by atoms with Gasteiger partial charge >= 0.3 is 0 Å². The van der Waals surface area contributed by atoms with Crippen LogP contribution in [-0.2, 0) is 0 Å². The Hall–Kier alpha value is -0.280. The Morgan fingerprint density at radius 2 is 1.94 bits per heavy atom. The lowest BCUT2D eigenvalue weighted by Crippen LogP contribution is -2.30. The normalized spacial score (nSPS) is 19.7. The second-order valence-corrected chi connectivity index (χ2v) is 5.04. The fourth-order valence-electron chi connectivity index (χ4n) is 2.16. The van der Waals surface area contributed by atoms with E-state index in [2.05, 4.69) is 5.32 Å². The van der Waals surface area contributed by atoms with E-state index in [0.717, 1.165) is 31.5 Å². The summed E-state index contributed by atoms with van der Waals surface area (Å²) in [6, 6.07) is 5.24. The minimum absolute atomic E-state index is 0.275. The highest BCUT2D eigenvalue weighted by Gasteiger charge is 2.24. The van der Waals surface area contributed by atoms with Crippen LogP contribution in [0.3, 0.4) is 0 Å². The van der Waals surface area contributed by atoms with Crippen LogP contribution in [-0.4, -0.2) is 18.2 Å². The molecule has 0 radical (unpaired) electrons. The average Bonchev–Trinajstić information content (AvgIpc) is 2.32. The summed E-state index contributed by atoms with van der Waals surface area (Å²) in [7, 11) is 0. The zero-order valence-electron chi connectivity index (χ0n) is 8.92. The van der Waals surface area contributed by atoms with Crippen molar-refractivity contribution in [3.63, 3.8) is 0 Å². The van der Waals surface area contributed by atoms with Gasteiger partial charge in [-0.15, -0.1) is 0 Å². The van der Waals surface area contributed by atoms with E-state index in [1.165, 1.54) is 0 Å². The molecular formula is C12H15Cl2NO. The predicted molar refractivity (Wildman–Crippen MR) is 67.0 cm³/mol. The van der Waals surface area contributed by atoms with E-state index >= 15 is 0 Å². The molecule has 1 aliphatic rings. The van der Waals surface area contributed by atoms with E-state index in [4.69, 9.17) is 23.2 Å². The van der Waals surface area contributed by atoms with Crippen molar-refractivity contribution >= 4 is 23.2 Å². The van der Waals surface area contributed by atoms with Crippen molar-refractivity contribution in [3.8, 4) is 0 Å². The van der Waals surface area contributed by atoms with Gasteiger partial charge in [0.1, 0.15) is 0 Å². The first kappa shape index (κ1) is 12.2. The van der Waals surface area contributed by atoms with Gasteiger partial charge in [0, 0.05) is 15.6 Å². The highest BCUT2D eigenvalue weighted by molar-refractivity contribution is 6.33. The van der Waals surface area contributed by atoms with Gasteiger partial charge in [0.15, 0.2) is 0 Å². The highest BCUT2D eigenvalue weighted by Crippen LogP contribution is 2.34. The third-order valence-corrected chi connectivity index (χ3v) is 3.69. The van der Waals surface area contributed by atoms with Crippen LogP contribution in [0.1, 0.15) is 24.5 Å². The second kappa shape index (κ2) is 5.37. The molecule has 0 amide bonds. The number of piperidine rings is 1. The second-order valence-electron chi connectivity index (χ2n) is 4.20. The maximum atomic E-state index is 10.3. The zero-order valence-corrected chi connectivity index (χ0v) is 10.4. The predicted octanol–water partition coefficient (Wildman–Crippen LogP) is 3.03. The lowest BCUT2D eigenvalue weighted by Gasteiger charge is -2.28. The number of nitrogens with one attached hydrogen (secondary N) is 1. The third-order valence-electron chi connectivity index (χ3n) is 3.11. The molecule has 1 saturated heterocycles. The minimum Gasteiger partial charge on any atom is -0.388 e. The average molecular weight is 260 g/mol. The molecule has 88 valence electrons. The number of rotatable bonds is 2. The molecule has 0 aliphatic carbocycles. The summed E-state index contributed by atoms with van der Waals surface area (Å²) in [6.45, 7) is 1.92.